The minimum atomic E-state index is -0.709. The molecule has 3 aliphatic rings. The summed E-state index contributed by atoms with van der Waals surface area (Å²) in [7, 11) is 0. The lowest BCUT2D eigenvalue weighted by Gasteiger charge is -2.17. The molecule has 1 saturated carbocycles. The summed E-state index contributed by atoms with van der Waals surface area (Å²) in [6, 6.07) is 3.72. The number of benzene rings is 1. The lowest BCUT2D eigenvalue weighted by atomic mass is 9.85. The van der Waals surface area contributed by atoms with Crippen molar-refractivity contribution < 1.29 is 24.0 Å². The lowest BCUT2D eigenvalue weighted by molar-refractivity contribution is -0.385. The average molecular weight is 342 g/mol. The molecule has 8 heteroatoms. The third kappa shape index (κ3) is 2.17. The maximum atomic E-state index is 12.7. The molecule has 1 aromatic carbocycles. The third-order valence-electron chi connectivity index (χ3n) is 5.12. The van der Waals surface area contributed by atoms with E-state index in [0.29, 0.717) is 0 Å². The summed E-state index contributed by atoms with van der Waals surface area (Å²) >= 11 is 0. The van der Waals surface area contributed by atoms with Crippen molar-refractivity contribution in [3.05, 3.63) is 40.5 Å². The van der Waals surface area contributed by atoms with Crippen LogP contribution in [0.3, 0.4) is 0 Å². The van der Waals surface area contributed by atoms with Crippen molar-refractivity contribution in [2.75, 3.05) is 4.90 Å². The van der Waals surface area contributed by atoms with E-state index >= 15 is 0 Å². The van der Waals surface area contributed by atoms with E-state index in [4.69, 9.17) is 4.74 Å². The van der Waals surface area contributed by atoms with Crippen LogP contribution in [-0.4, -0.2) is 22.7 Å². The molecule has 2 fully saturated rings. The average Bonchev–Trinajstić information content (AvgIpc) is 3.21. The van der Waals surface area contributed by atoms with E-state index in [0.717, 1.165) is 24.3 Å². The van der Waals surface area contributed by atoms with Crippen LogP contribution in [-0.2, 0) is 14.4 Å². The first kappa shape index (κ1) is 15.5. The largest absolute Gasteiger partial charge is 0.419 e. The van der Waals surface area contributed by atoms with E-state index in [-0.39, 0.29) is 46.9 Å². The summed E-state index contributed by atoms with van der Waals surface area (Å²) in [6.45, 7) is 1.13. The first-order valence-electron chi connectivity index (χ1n) is 7.91. The number of hydrogen-bond acceptors (Lipinski definition) is 6. The van der Waals surface area contributed by atoms with E-state index in [9.17, 15) is 24.5 Å². The van der Waals surface area contributed by atoms with Gasteiger partial charge in [0.2, 0.25) is 17.6 Å². The number of amides is 2. The molecule has 4 rings (SSSR count). The molecule has 0 N–H and O–H groups in total. The van der Waals surface area contributed by atoms with Gasteiger partial charge in [-0.1, -0.05) is 12.2 Å². The van der Waals surface area contributed by atoms with Gasteiger partial charge in [0.25, 0.3) is 0 Å². The number of ether oxygens (including phenoxy) is 1. The number of allylic oxidation sites excluding steroid dienone is 2. The van der Waals surface area contributed by atoms with Crippen LogP contribution in [0, 0.1) is 33.8 Å². The topological polar surface area (TPSA) is 107 Å². The Morgan fingerprint density at radius 2 is 1.80 bits per heavy atom. The number of esters is 1. The molecule has 2 bridgehead atoms. The van der Waals surface area contributed by atoms with E-state index in [1.165, 1.54) is 12.1 Å². The number of carbonyl (C=O) groups excluding carboxylic acids is 3. The molecule has 2 amide bonds. The molecule has 0 aromatic heterocycles. The number of nitro groups is 1. The molecular weight excluding hydrogens is 328 g/mol. The first-order valence-corrected chi connectivity index (χ1v) is 7.91. The molecule has 1 heterocycles. The summed E-state index contributed by atoms with van der Waals surface area (Å²) in [5.41, 5.74) is -0.335. The molecule has 2 aliphatic carbocycles. The van der Waals surface area contributed by atoms with E-state index in [1.54, 1.807) is 0 Å². The van der Waals surface area contributed by atoms with Gasteiger partial charge in [0.15, 0.2) is 0 Å². The van der Waals surface area contributed by atoms with Crippen molar-refractivity contribution >= 4 is 29.2 Å². The van der Waals surface area contributed by atoms with Crippen LogP contribution in [0.1, 0.15) is 13.3 Å². The summed E-state index contributed by atoms with van der Waals surface area (Å²) in [6.07, 6.45) is 4.77. The molecule has 0 spiro atoms. The summed E-state index contributed by atoms with van der Waals surface area (Å²) in [5.74, 6) is -2.19. The van der Waals surface area contributed by atoms with Gasteiger partial charge in [0, 0.05) is 13.0 Å². The smallest absolute Gasteiger partial charge is 0.313 e. The summed E-state index contributed by atoms with van der Waals surface area (Å²) in [4.78, 5) is 48.2. The number of hydrogen-bond donors (Lipinski definition) is 0. The SMILES string of the molecule is CC(=O)Oc1ccc(N2C(=O)[C@@H]3[C@@H](C2=O)[C@H]2C=C[C@H]3C2)cc1[N+](=O)[O-]. The Hall–Kier alpha value is -3.03. The molecule has 1 aliphatic heterocycles. The van der Waals surface area contributed by atoms with Crippen LogP contribution in [0.2, 0.25) is 0 Å². The highest BCUT2D eigenvalue weighted by molar-refractivity contribution is 6.23. The fourth-order valence-corrected chi connectivity index (χ4v) is 4.19. The Balaban J connectivity index is 1.72. The Kier molecular flexibility index (Phi) is 3.24. The van der Waals surface area contributed by atoms with E-state index < -0.39 is 16.6 Å². The summed E-state index contributed by atoms with van der Waals surface area (Å²) < 4.78 is 4.82. The molecule has 0 unspecified atom stereocenters. The Morgan fingerprint density at radius 1 is 1.20 bits per heavy atom. The van der Waals surface area contributed by atoms with Gasteiger partial charge >= 0.3 is 11.7 Å². The second kappa shape index (κ2) is 5.23. The first-order chi connectivity index (χ1) is 11.9. The van der Waals surface area contributed by atoms with Gasteiger partial charge in [-0.2, -0.15) is 0 Å². The highest BCUT2D eigenvalue weighted by Gasteiger charge is 2.59. The predicted octanol–water partition coefficient (Wildman–Crippen LogP) is 1.83. The van der Waals surface area contributed by atoms with Crippen molar-refractivity contribution in [2.24, 2.45) is 23.7 Å². The molecule has 128 valence electrons. The molecule has 1 saturated heterocycles. The fraction of sp³-hybridized carbons (Fsp3) is 0.353. The van der Waals surface area contributed by atoms with Crippen molar-refractivity contribution in [3.8, 4) is 5.75 Å². The lowest BCUT2D eigenvalue weighted by Crippen LogP contribution is -2.32. The van der Waals surface area contributed by atoms with Crippen LogP contribution >= 0.6 is 0 Å². The highest BCUT2D eigenvalue weighted by atomic mass is 16.6. The standard InChI is InChI=1S/C17H14N2O6/c1-8(20)25-13-5-4-11(7-12(13)19(23)24)18-16(21)14-9-2-3-10(6-9)15(14)17(18)22/h2-5,7,9-10,14-15H,6H2,1H3/t9-,10-,14-,15-/m0/s1. The van der Waals surface area contributed by atoms with Crippen LogP contribution in [0.4, 0.5) is 11.4 Å². The Morgan fingerprint density at radius 3 is 2.32 bits per heavy atom. The Bertz CT molecular complexity index is 831. The number of nitrogens with zero attached hydrogens (tertiary/aromatic N) is 2. The van der Waals surface area contributed by atoms with Gasteiger partial charge in [-0.15, -0.1) is 0 Å². The van der Waals surface area contributed by atoms with Crippen LogP contribution in [0.15, 0.2) is 30.4 Å². The monoisotopic (exact) mass is 342 g/mol. The Labute approximate surface area is 142 Å². The van der Waals surface area contributed by atoms with Gasteiger partial charge < -0.3 is 4.74 Å². The number of carbonyl (C=O) groups is 3. The fourth-order valence-electron chi connectivity index (χ4n) is 4.19. The van der Waals surface area contributed by atoms with Gasteiger partial charge in [0.05, 0.1) is 22.4 Å². The van der Waals surface area contributed by atoms with Gasteiger partial charge in [0.1, 0.15) is 0 Å². The zero-order chi connectivity index (χ0) is 17.9. The molecule has 0 radical (unpaired) electrons. The van der Waals surface area contributed by atoms with Crippen LogP contribution in [0.25, 0.3) is 0 Å². The minimum absolute atomic E-state index is 0.0618. The third-order valence-corrected chi connectivity index (χ3v) is 5.12. The zero-order valence-electron chi connectivity index (χ0n) is 13.2. The van der Waals surface area contributed by atoms with Gasteiger partial charge in [-0.3, -0.25) is 24.5 Å². The number of imide groups is 1. The molecule has 25 heavy (non-hydrogen) atoms. The second-order valence-electron chi connectivity index (χ2n) is 6.51. The highest BCUT2D eigenvalue weighted by Crippen LogP contribution is 2.53. The molecule has 1 aromatic rings. The molecule has 4 atom stereocenters. The van der Waals surface area contributed by atoms with Crippen molar-refractivity contribution in [2.45, 2.75) is 13.3 Å². The number of fused-ring (bicyclic) bond motifs is 5. The summed E-state index contributed by atoms with van der Waals surface area (Å²) in [5, 5.41) is 11.3. The van der Waals surface area contributed by atoms with Gasteiger partial charge in [-0.25, -0.2) is 4.90 Å². The molecular formula is C17H14N2O6. The van der Waals surface area contributed by atoms with Crippen molar-refractivity contribution in [1.82, 2.24) is 0 Å². The zero-order valence-corrected chi connectivity index (χ0v) is 13.2. The number of anilines is 1. The number of rotatable bonds is 3. The van der Waals surface area contributed by atoms with E-state index in [1.807, 2.05) is 12.2 Å². The number of nitro benzene ring substituents is 1. The second-order valence-corrected chi connectivity index (χ2v) is 6.51. The normalized spacial score (nSPS) is 29.2. The van der Waals surface area contributed by atoms with Crippen LogP contribution in [0.5, 0.6) is 5.75 Å². The molecule has 8 nitrogen and oxygen atoms in total. The van der Waals surface area contributed by atoms with Crippen molar-refractivity contribution in [1.29, 1.82) is 0 Å². The minimum Gasteiger partial charge on any atom is -0.419 e. The maximum Gasteiger partial charge on any atom is 0.313 e. The quantitative estimate of drug-likeness (QED) is 0.207. The predicted molar refractivity (Wildman–Crippen MR) is 84.6 cm³/mol. The van der Waals surface area contributed by atoms with Crippen LogP contribution < -0.4 is 9.64 Å². The van der Waals surface area contributed by atoms with Gasteiger partial charge in [-0.05, 0) is 30.4 Å². The van der Waals surface area contributed by atoms with Crippen molar-refractivity contribution in [3.63, 3.8) is 0 Å². The van der Waals surface area contributed by atoms with E-state index in [2.05, 4.69) is 0 Å². The maximum absolute atomic E-state index is 12.7.